The van der Waals surface area contributed by atoms with Crippen molar-refractivity contribution in [1.82, 2.24) is 15.2 Å². The number of rotatable bonds is 4. The zero-order valence-electron chi connectivity index (χ0n) is 14.7. The number of carbonyl (C=O) groups is 1. The molecule has 1 aromatic heterocycles. The Balaban J connectivity index is 0.00000131. The van der Waals surface area contributed by atoms with Crippen molar-refractivity contribution in [3.63, 3.8) is 0 Å². The van der Waals surface area contributed by atoms with Crippen LogP contribution in [0.25, 0.3) is 0 Å². The minimum atomic E-state index is -0.246. The van der Waals surface area contributed by atoms with Gasteiger partial charge in [0.2, 0.25) is 5.91 Å². The summed E-state index contributed by atoms with van der Waals surface area (Å²) < 4.78 is 13.6. The predicted octanol–water partition coefficient (Wildman–Crippen LogP) is 3.20. The number of hydrogen-bond acceptors (Lipinski definition) is 5. The van der Waals surface area contributed by atoms with E-state index in [1.165, 1.54) is 17.4 Å². The molecule has 2 aromatic rings. The molecule has 1 amide bonds. The van der Waals surface area contributed by atoms with Gasteiger partial charge in [-0.25, -0.2) is 9.37 Å². The van der Waals surface area contributed by atoms with Crippen LogP contribution < -0.4 is 10.6 Å². The monoisotopic (exact) mass is 432 g/mol. The van der Waals surface area contributed by atoms with E-state index in [4.69, 9.17) is 0 Å². The Hall–Kier alpha value is -1.25. The van der Waals surface area contributed by atoms with Crippen molar-refractivity contribution in [1.29, 1.82) is 0 Å². The molecule has 1 aliphatic heterocycles. The number of nitrogens with one attached hydrogen (secondary N) is 2. The van der Waals surface area contributed by atoms with Crippen molar-refractivity contribution in [3.05, 3.63) is 46.2 Å². The van der Waals surface area contributed by atoms with Gasteiger partial charge in [0.1, 0.15) is 5.82 Å². The molecule has 9 heteroatoms. The highest BCUT2D eigenvalue weighted by Crippen LogP contribution is 2.30. The molecule has 148 valence electrons. The Morgan fingerprint density at radius 3 is 3.00 bits per heavy atom. The van der Waals surface area contributed by atoms with E-state index in [1.54, 1.807) is 23.5 Å². The van der Waals surface area contributed by atoms with Gasteiger partial charge in [0.25, 0.3) is 0 Å². The third-order valence-electron chi connectivity index (χ3n) is 4.78. The van der Waals surface area contributed by atoms with E-state index in [2.05, 4.69) is 20.5 Å². The lowest BCUT2D eigenvalue weighted by atomic mass is 10.0. The predicted molar refractivity (Wildman–Crippen MR) is 111 cm³/mol. The van der Waals surface area contributed by atoms with E-state index in [1.807, 2.05) is 6.07 Å². The van der Waals surface area contributed by atoms with Crippen LogP contribution in [0, 0.1) is 5.82 Å². The highest BCUT2D eigenvalue weighted by molar-refractivity contribution is 7.15. The Morgan fingerprint density at radius 1 is 1.37 bits per heavy atom. The lowest BCUT2D eigenvalue weighted by molar-refractivity contribution is -0.118. The minimum absolute atomic E-state index is 0. The quantitative estimate of drug-likeness (QED) is 0.778. The van der Waals surface area contributed by atoms with Crippen molar-refractivity contribution >= 4 is 47.2 Å². The molecule has 4 rings (SSSR count). The third kappa shape index (κ3) is 5.18. The van der Waals surface area contributed by atoms with Gasteiger partial charge in [-0.05, 0) is 37.0 Å². The molecule has 0 radical (unpaired) electrons. The van der Waals surface area contributed by atoms with Crippen LogP contribution in [0.5, 0.6) is 0 Å². The molecule has 2 N–H and O–H groups in total. The molecule has 2 aliphatic rings. The average Bonchev–Trinajstić information content (AvgIpc) is 3.16. The number of carbonyl (C=O) groups excluding carboxylic acids is 1. The van der Waals surface area contributed by atoms with Crippen LogP contribution in [0.3, 0.4) is 0 Å². The zero-order chi connectivity index (χ0) is 17.2. The van der Waals surface area contributed by atoms with Gasteiger partial charge in [-0.15, -0.1) is 36.2 Å². The SMILES string of the molecule is Cl.Cl.O=C(CN1CCNCC1c1cccc(F)c1)Nc1nc2c(s1)CCC2. The molecule has 27 heavy (non-hydrogen) atoms. The second kappa shape index (κ2) is 9.80. The standard InChI is InChI=1S/C18H21FN4OS.2ClH/c19-13-4-1-3-12(9-13)15-10-20-7-8-23(15)11-17(24)22-18-21-14-5-2-6-16(14)25-18;;/h1,3-4,9,15,20H,2,5-8,10-11H2,(H,21,22,24);2*1H. The Bertz CT molecular complexity index is 767. The van der Waals surface area contributed by atoms with Crippen LogP contribution in [0.15, 0.2) is 24.3 Å². The van der Waals surface area contributed by atoms with E-state index in [0.29, 0.717) is 11.7 Å². The van der Waals surface area contributed by atoms with E-state index in [0.717, 1.165) is 37.2 Å². The molecule has 0 bridgehead atoms. The summed E-state index contributed by atoms with van der Waals surface area (Å²) in [4.78, 5) is 20.4. The summed E-state index contributed by atoms with van der Waals surface area (Å²) in [7, 11) is 0. The van der Waals surface area contributed by atoms with E-state index in [9.17, 15) is 9.18 Å². The fourth-order valence-electron chi connectivity index (χ4n) is 3.57. The number of benzene rings is 1. The number of nitrogens with zero attached hydrogens (tertiary/aromatic N) is 2. The molecule has 1 fully saturated rings. The van der Waals surface area contributed by atoms with Crippen molar-refractivity contribution in [3.8, 4) is 0 Å². The van der Waals surface area contributed by atoms with Crippen LogP contribution in [0.4, 0.5) is 9.52 Å². The first-order chi connectivity index (χ1) is 12.2. The van der Waals surface area contributed by atoms with Gasteiger partial charge in [0, 0.05) is 30.6 Å². The van der Waals surface area contributed by atoms with Crippen LogP contribution in [-0.2, 0) is 17.6 Å². The molecule has 0 saturated carbocycles. The molecular formula is C18H23Cl2FN4OS. The largest absolute Gasteiger partial charge is 0.314 e. The molecule has 1 unspecified atom stereocenters. The summed E-state index contributed by atoms with van der Waals surface area (Å²) in [6, 6.07) is 6.62. The van der Waals surface area contributed by atoms with Gasteiger partial charge in [-0.1, -0.05) is 12.1 Å². The maximum absolute atomic E-state index is 13.6. The van der Waals surface area contributed by atoms with Gasteiger partial charge in [0.05, 0.1) is 12.2 Å². The summed E-state index contributed by atoms with van der Waals surface area (Å²) in [5, 5.41) is 6.96. The summed E-state index contributed by atoms with van der Waals surface area (Å²) >= 11 is 1.59. The molecular weight excluding hydrogens is 410 g/mol. The molecule has 1 aliphatic carbocycles. The average molecular weight is 433 g/mol. The lowest BCUT2D eigenvalue weighted by Crippen LogP contribution is -2.48. The number of halogens is 3. The number of anilines is 1. The van der Waals surface area contributed by atoms with Gasteiger partial charge >= 0.3 is 0 Å². The molecule has 0 spiro atoms. The summed E-state index contributed by atoms with van der Waals surface area (Å²) in [6.45, 7) is 2.57. The number of aromatic nitrogens is 1. The maximum atomic E-state index is 13.6. The smallest absolute Gasteiger partial charge is 0.240 e. The van der Waals surface area contributed by atoms with E-state index >= 15 is 0 Å². The number of thiazole rings is 1. The molecule has 1 aromatic carbocycles. The van der Waals surface area contributed by atoms with Gasteiger partial charge < -0.3 is 10.6 Å². The summed E-state index contributed by atoms with van der Waals surface area (Å²) in [5.74, 6) is -0.305. The fraction of sp³-hybridized carbons (Fsp3) is 0.444. The second-order valence-electron chi connectivity index (χ2n) is 6.54. The van der Waals surface area contributed by atoms with Crippen LogP contribution in [0.2, 0.25) is 0 Å². The van der Waals surface area contributed by atoms with Gasteiger partial charge in [-0.3, -0.25) is 9.69 Å². The van der Waals surface area contributed by atoms with Crippen molar-refractivity contribution < 1.29 is 9.18 Å². The number of aryl methyl sites for hydroxylation is 2. The number of amides is 1. The van der Waals surface area contributed by atoms with Crippen molar-refractivity contribution in [2.75, 3.05) is 31.5 Å². The van der Waals surface area contributed by atoms with Crippen LogP contribution >= 0.6 is 36.2 Å². The normalized spacial score (nSPS) is 18.9. The summed E-state index contributed by atoms with van der Waals surface area (Å²) in [6.07, 6.45) is 3.25. The van der Waals surface area contributed by atoms with Crippen molar-refractivity contribution in [2.24, 2.45) is 0 Å². The lowest BCUT2D eigenvalue weighted by Gasteiger charge is -2.35. The Labute approximate surface area is 174 Å². The summed E-state index contributed by atoms with van der Waals surface area (Å²) in [5.41, 5.74) is 2.04. The first kappa shape index (κ1) is 22.0. The Kier molecular flexibility index (Phi) is 8.00. The van der Waals surface area contributed by atoms with Gasteiger partial charge in [-0.2, -0.15) is 0 Å². The Morgan fingerprint density at radius 2 is 2.22 bits per heavy atom. The highest BCUT2D eigenvalue weighted by atomic mass is 35.5. The molecule has 2 heterocycles. The van der Waals surface area contributed by atoms with Crippen molar-refractivity contribution in [2.45, 2.75) is 25.3 Å². The minimum Gasteiger partial charge on any atom is -0.314 e. The van der Waals surface area contributed by atoms with E-state index in [-0.39, 0.29) is 49.1 Å². The third-order valence-corrected chi connectivity index (χ3v) is 5.85. The number of hydrogen-bond donors (Lipinski definition) is 2. The highest BCUT2D eigenvalue weighted by Gasteiger charge is 2.26. The number of fused-ring (bicyclic) bond motifs is 1. The zero-order valence-corrected chi connectivity index (χ0v) is 17.2. The molecule has 5 nitrogen and oxygen atoms in total. The first-order valence-corrected chi connectivity index (χ1v) is 9.49. The maximum Gasteiger partial charge on any atom is 0.240 e. The van der Waals surface area contributed by atoms with Crippen LogP contribution in [-0.4, -0.2) is 42.0 Å². The molecule has 1 saturated heterocycles. The van der Waals surface area contributed by atoms with Gasteiger partial charge in [0.15, 0.2) is 5.13 Å². The van der Waals surface area contributed by atoms with E-state index < -0.39 is 0 Å². The first-order valence-electron chi connectivity index (χ1n) is 8.68. The number of piperazine rings is 1. The molecule has 1 atom stereocenters. The van der Waals surface area contributed by atoms with Crippen LogP contribution in [0.1, 0.15) is 28.6 Å². The second-order valence-corrected chi connectivity index (χ2v) is 7.62. The fourth-order valence-corrected chi connectivity index (χ4v) is 4.63. The topological polar surface area (TPSA) is 57.3 Å².